The third kappa shape index (κ3) is 5.29. The maximum atomic E-state index is 14.5. The SMILES string of the molecule is O=C(O)c1ccc(OC[C@H](C2CCCCC2)n2c(-c3ccc(Cl)cc3)nc3cc(F)c(F)cc32)c(Cl)c1. The average Bonchev–Trinajstić information content (AvgIpc) is 3.24. The van der Waals surface area contributed by atoms with Crippen molar-refractivity contribution in [1.29, 1.82) is 0 Å². The molecular weight excluding hydrogens is 521 g/mol. The van der Waals surface area contributed by atoms with Crippen LogP contribution in [0.15, 0.2) is 54.6 Å². The third-order valence-corrected chi connectivity index (χ3v) is 7.50. The van der Waals surface area contributed by atoms with Gasteiger partial charge >= 0.3 is 5.97 Å². The second-order valence-corrected chi connectivity index (χ2v) is 10.1. The zero-order valence-electron chi connectivity index (χ0n) is 19.8. The van der Waals surface area contributed by atoms with Crippen molar-refractivity contribution in [3.8, 4) is 17.1 Å². The van der Waals surface area contributed by atoms with E-state index in [-0.39, 0.29) is 29.2 Å². The molecule has 9 heteroatoms. The van der Waals surface area contributed by atoms with Gasteiger partial charge in [0.1, 0.15) is 18.2 Å². The Morgan fingerprint density at radius 1 is 1.03 bits per heavy atom. The number of aromatic carboxylic acids is 1. The van der Waals surface area contributed by atoms with Gasteiger partial charge in [0, 0.05) is 22.7 Å². The number of hydrogen-bond donors (Lipinski definition) is 1. The summed E-state index contributed by atoms with van der Waals surface area (Å²) in [5.74, 6) is -1.89. The van der Waals surface area contributed by atoms with Crippen molar-refractivity contribution in [1.82, 2.24) is 9.55 Å². The van der Waals surface area contributed by atoms with Crippen LogP contribution < -0.4 is 4.74 Å². The molecular formula is C28H24Cl2F2N2O3. The molecule has 1 heterocycles. The molecule has 0 bridgehead atoms. The van der Waals surface area contributed by atoms with Gasteiger partial charge in [0.15, 0.2) is 11.6 Å². The van der Waals surface area contributed by atoms with Gasteiger partial charge in [-0.05, 0) is 61.2 Å². The van der Waals surface area contributed by atoms with Crippen LogP contribution in [0.1, 0.15) is 48.5 Å². The number of fused-ring (bicyclic) bond motifs is 1. The van der Waals surface area contributed by atoms with Gasteiger partial charge in [-0.3, -0.25) is 0 Å². The van der Waals surface area contributed by atoms with Crippen molar-refractivity contribution in [2.75, 3.05) is 6.61 Å². The lowest BCUT2D eigenvalue weighted by Gasteiger charge is -2.33. The number of carboxylic acids is 1. The highest BCUT2D eigenvalue weighted by Gasteiger charge is 2.30. The van der Waals surface area contributed by atoms with E-state index in [0.717, 1.165) is 43.7 Å². The zero-order chi connectivity index (χ0) is 26.1. The standard InChI is InChI=1S/C28H24Cl2F2N2O3/c29-19-9-6-17(7-10-19)27-33-23-13-21(31)22(32)14-24(23)34(27)25(16-4-2-1-3-5-16)15-37-26-11-8-18(28(35)36)12-20(26)30/h6-14,16,25H,1-5,15H2,(H,35,36)/t25-/m1/s1. The molecule has 1 fully saturated rings. The second kappa shape index (κ2) is 10.7. The lowest BCUT2D eigenvalue weighted by atomic mass is 9.83. The first-order valence-corrected chi connectivity index (χ1v) is 12.9. The number of ether oxygens (including phenoxy) is 1. The summed E-state index contributed by atoms with van der Waals surface area (Å²) in [6, 6.07) is 13.5. The maximum absolute atomic E-state index is 14.5. The highest BCUT2D eigenvalue weighted by Crippen LogP contribution is 2.39. The lowest BCUT2D eigenvalue weighted by molar-refractivity contribution is 0.0697. The van der Waals surface area contributed by atoms with E-state index >= 15 is 0 Å². The molecule has 0 amide bonds. The Bertz CT molecular complexity index is 1450. The molecule has 1 saturated carbocycles. The second-order valence-electron chi connectivity index (χ2n) is 9.29. The third-order valence-electron chi connectivity index (χ3n) is 6.95. The summed E-state index contributed by atoms with van der Waals surface area (Å²) < 4.78 is 36.8. The number of halogens is 4. The summed E-state index contributed by atoms with van der Waals surface area (Å²) in [5, 5.41) is 9.99. The number of imidazole rings is 1. The Morgan fingerprint density at radius 3 is 2.41 bits per heavy atom. The van der Waals surface area contributed by atoms with Crippen LogP contribution >= 0.6 is 23.2 Å². The van der Waals surface area contributed by atoms with Crippen molar-refractivity contribution < 1.29 is 23.4 Å². The Kier molecular flexibility index (Phi) is 7.36. The summed E-state index contributed by atoms with van der Waals surface area (Å²) in [7, 11) is 0. The number of aromatic nitrogens is 2. The van der Waals surface area contributed by atoms with E-state index in [1.54, 1.807) is 12.1 Å². The van der Waals surface area contributed by atoms with E-state index in [1.807, 2.05) is 16.7 Å². The molecule has 0 saturated heterocycles. The van der Waals surface area contributed by atoms with E-state index < -0.39 is 17.6 Å². The van der Waals surface area contributed by atoms with Crippen LogP contribution in [0.5, 0.6) is 5.75 Å². The molecule has 0 unspecified atom stereocenters. The molecule has 3 aromatic carbocycles. The van der Waals surface area contributed by atoms with Gasteiger partial charge in [0.2, 0.25) is 0 Å². The molecule has 1 atom stereocenters. The summed E-state index contributed by atoms with van der Waals surface area (Å²) >= 11 is 12.4. The lowest BCUT2D eigenvalue weighted by Crippen LogP contribution is -2.28. The van der Waals surface area contributed by atoms with E-state index in [1.165, 1.54) is 24.3 Å². The molecule has 5 rings (SSSR count). The minimum atomic E-state index is -1.08. The van der Waals surface area contributed by atoms with Crippen LogP contribution in [-0.2, 0) is 0 Å². The predicted molar refractivity (Wildman–Crippen MR) is 140 cm³/mol. The number of benzene rings is 3. The minimum absolute atomic E-state index is 0.0595. The average molecular weight is 545 g/mol. The van der Waals surface area contributed by atoms with Crippen LogP contribution in [0, 0.1) is 17.6 Å². The van der Waals surface area contributed by atoms with Crippen molar-refractivity contribution in [3.63, 3.8) is 0 Å². The van der Waals surface area contributed by atoms with Crippen LogP contribution in [0.25, 0.3) is 22.4 Å². The van der Waals surface area contributed by atoms with Crippen LogP contribution in [0.4, 0.5) is 8.78 Å². The number of rotatable bonds is 7. The molecule has 0 aliphatic heterocycles. The maximum Gasteiger partial charge on any atom is 0.335 e. The molecule has 1 aromatic heterocycles. The van der Waals surface area contributed by atoms with E-state index in [0.29, 0.717) is 27.6 Å². The molecule has 0 radical (unpaired) electrons. The van der Waals surface area contributed by atoms with Gasteiger partial charge in [0.25, 0.3) is 0 Å². The normalized spacial score (nSPS) is 15.1. The summed E-state index contributed by atoms with van der Waals surface area (Å²) in [6.07, 6.45) is 5.15. The zero-order valence-corrected chi connectivity index (χ0v) is 21.3. The van der Waals surface area contributed by atoms with Crippen LogP contribution in [0.3, 0.4) is 0 Å². The molecule has 192 valence electrons. The fourth-order valence-electron chi connectivity index (χ4n) is 5.10. The van der Waals surface area contributed by atoms with Gasteiger partial charge in [-0.1, -0.05) is 42.5 Å². The number of hydrogen-bond acceptors (Lipinski definition) is 3. The van der Waals surface area contributed by atoms with Crippen LogP contribution in [0.2, 0.25) is 10.0 Å². The van der Waals surface area contributed by atoms with Gasteiger partial charge in [-0.2, -0.15) is 0 Å². The van der Waals surface area contributed by atoms with Gasteiger partial charge in [-0.15, -0.1) is 0 Å². The largest absolute Gasteiger partial charge is 0.490 e. The fourth-order valence-corrected chi connectivity index (χ4v) is 5.46. The first-order chi connectivity index (χ1) is 17.8. The number of carbonyl (C=O) groups is 1. The molecule has 37 heavy (non-hydrogen) atoms. The first kappa shape index (κ1) is 25.5. The van der Waals surface area contributed by atoms with Gasteiger partial charge in [-0.25, -0.2) is 18.6 Å². The van der Waals surface area contributed by atoms with E-state index in [2.05, 4.69) is 0 Å². The van der Waals surface area contributed by atoms with Crippen molar-refractivity contribution >= 4 is 40.2 Å². The van der Waals surface area contributed by atoms with Crippen molar-refractivity contribution in [2.24, 2.45) is 5.92 Å². The van der Waals surface area contributed by atoms with Crippen molar-refractivity contribution in [3.05, 3.63) is 81.8 Å². The van der Waals surface area contributed by atoms with Gasteiger partial charge < -0.3 is 14.4 Å². The molecule has 0 spiro atoms. The Hall–Kier alpha value is -3.16. The molecule has 1 aliphatic carbocycles. The summed E-state index contributed by atoms with van der Waals surface area (Å²) in [5.41, 5.74) is 1.62. The Morgan fingerprint density at radius 2 is 1.73 bits per heavy atom. The van der Waals surface area contributed by atoms with Gasteiger partial charge in [0.05, 0.1) is 27.7 Å². The van der Waals surface area contributed by atoms with Crippen LogP contribution in [-0.4, -0.2) is 27.2 Å². The highest BCUT2D eigenvalue weighted by atomic mass is 35.5. The highest BCUT2D eigenvalue weighted by molar-refractivity contribution is 6.32. The minimum Gasteiger partial charge on any atom is -0.490 e. The fraction of sp³-hybridized carbons (Fsp3) is 0.286. The predicted octanol–water partition coefficient (Wildman–Crippen LogP) is 8.19. The molecule has 1 aliphatic rings. The topological polar surface area (TPSA) is 64.3 Å². The Labute approximate surface area is 222 Å². The van der Waals surface area contributed by atoms with E-state index in [9.17, 15) is 18.7 Å². The first-order valence-electron chi connectivity index (χ1n) is 12.1. The Balaban J connectivity index is 1.61. The number of carboxylic acid groups (broad SMARTS) is 1. The summed E-state index contributed by atoms with van der Waals surface area (Å²) in [6.45, 7) is 0.182. The monoisotopic (exact) mass is 544 g/mol. The number of nitrogens with zero attached hydrogens (tertiary/aromatic N) is 2. The molecule has 4 aromatic rings. The van der Waals surface area contributed by atoms with E-state index in [4.69, 9.17) is 32.9 Å². The molecule has 5 nitrogen and oxygen atoms in total. The smallest absolute Gasteiger partial charge is 0.335 e. The van der Waals surface area contributed by atoms with Crippen molar-refractivity contribution in [2.45, 2.75) is 38.1 Å². The summed E-state index contributed by atoms with van der Waals surface area (Å²) in [4.78, 5) is 16.0. The molecule has 1 N–H and O–H groups in total. The quantitative estimate of drug-likeness (QED) is 0.254.